The predicted molar refractivity (Wildman–Crippen MR) is 66.8 cm³/mol. The molecule has 0 aliphatic rings. The number of fused-ring (bicyclic) bond motifs is 1. The summed E-state index contributed by atoms with van der Waals surface area (Å²) in [5.74, 6) is 0. The maximum atomic E-state index is 11.2. The summed E-state index contributed by atoms with van der Waals surface area (Å²) in [7, 11) is 0. The summed E-state index contributed by atoms with van der Waals surface area (Å²) in [5, 5.41) is 2.38. The van der Waals surface area contributed by atoms with Crippen LogP contribution in [-0.2, 0) is 5.33 Å². The fourth-order valence-corrected chi connectivity index (χ4v) is 2.22. The van der Waals surface area contributed by atoms with Crippen molar-refractivity contribution in [1.29, 1.82) is 0 Å². The van der Waals surface area contributed by atoms with Crippen molar-refractivity contribution < 1.29 is 4.79 Å². The second-order valence-electron chi connectivity index (χ2n) is 3.26. The first kappa shape index (κ1) is 10.7. The summed E-state index contributed by atoms with van der Waals surface area (Å²) in [6.45, 7) is 0. The molecular formula is C12H8BrClO. The molecule has 2 rings (SSSR count). The minimum atomic E-state index is -0.407. The van der Waals surface area contributed by atoms with Gasteiger partial charge in [0, 0.05) is 10.9 Å². The standard InChI is InChI=1S/C12H8BrClO/c13-7-10-5-8-3-1-2-4-9(8)6-11(10)12(14)15/h1-6H,7H2. The van der Waals surface area contributed by atoms with E-state index in [-0.39, 0.29) is 0 Å². The topological polar surface area (TPSA) is 17.1 Å². The van der Waals surface area contributed by atoms with Gasteiger partial charge in [0.15, 0.2) is 0 Å². The van der Waals surface area contributed by atoms with Gasteiger partial charge in [-0.15, -0.1) is 0 Å². The van der Waals surface area contributed by atoms with Crippen molar-refractivity contribution in [2.24, 2.45) is 0 Å². The van der Waals surface area contributed by atoms with Crippen molar-refractivity contribution >= 4 is 43.5 Å². The lowest BCUT2D eigenvalue weighted by Gasteiger charge is -2.05. The average Bonchev–Trinajstić information content (AvgIpc) is 2.27. The number of rotatable bonds is 2. The third kappa shape index (κ3) is 2.06. The molecule has 0 spiro atoms. The van der Waals surface area contributed by atoms with E-state index >= 15 is 0 Å². The zero-order valence-electron chi connectivity index (χ0n) is 7.84. The number of hydrogen-bond acceptors (Lipinski definition) is 1. The molecule has 15 heavy (non-hydrogen) atoms. The van der Waals surface area contributed by atoms with Gasteiger partial charge >= 0.3 is 0 Å². The van der Waals surface area contributed by atoms with E-state index in [1.807, 2.05) is 36.4 Å². The van der Waals surface area contributed by atoms with E-state index in [2.05, 4.69) is 15.9 Å². The molecule has 0 aliphatic carbocycles. The van der Waals surface area contributed by atoms with Gasteiger partial charge in [0.2, 0.25) is 0 Å². The van der Waals surface area contributed by atoms with Crippen LogP contribution in [0.4, 0.5) is 0 Å². The number of halogens is 2. The van der Waals surface area contributed by atoms with Gasteiger partial charge in [-0.25, -0.2) is 0 Å². The SMILES string of the molecule is O=C(Cl)c1cc2ccccc2cc1CBr. The zero-order valence-corrected chi connectivity index (χ0v) is 10.2. The molecule has 2 aromatic rings. The Balaban J connectivity index is 2.74. The molecule has 0 saturated carbocycles. The Morgan fingerprint density at radius 2 is 1.80 bits per heavy atom. The average molecular weight is 284 g/mol. The van der Waals surface area contributed by atoms with Gasteiger partial charge in [0.1, 0.15) is 0 Å². The van der Waals surface area contributed by atoms with E-state index in [1.165, 1.54) is 0 Å². The molecular weight excluding hydrogens is 275 g/mol. The second-order valence-corrected chi connectivity index (χ2v) is 4.17. The van der Waals surface area contributed by atoms with Crippen LogP contribution in [0.3, 0.4) is 0 Å². The Morgan fingerprint density at radius 1 is 1.20 bits per heavy atom. The summed E-state index contributed by atoms with van der Waals surface area (Å²) in [6.07, 6.45) is 0. The monoisotopic (exact) mass is 282 g/mol. The van der Waals surface area contributed by atoms with Crippen LogP contribution in [0.2, 0.25) is 0 Å². The third-order valence-electron chi connectivity index (χ3n) is 2.33. The smallest absolute Gasteiger partial charge is 0.252 e. The highest BCUT2D eigenvalue weighted by atomic mass is 79.9. The quantitative estimate of drug-likeness (QED) is 0.599. The molecule has 2 aromatic carbocycles. The number of benzene rings is 2. The van der Waals surface area contributed by atoms with Crippen molar-refractivity contribution in [2.45, 2.75) is 5.33 Å². The Hall–Kier alpha value is -0.860. The highest BCUT2D eigenvalue weighted by molar-refractivity contribution is 9.08. The summed E-state index contributed by atoms with van der Waals surface area (Å²) >= 11 is 8.88. The van der Waals surface area contributed by atoms with Gasteiger partial charge in [0.25, 0.3) is 5.24 Å². The fourth-order valence-electron chi connectivity index (χ4n) is 1.58. The largest absolute Gasteiger partial charge is 0.276 e. The Bertz CT molecular complexity index is 522. The van der Waals surface area contributed by atoms with Crippen LogP contribution in [-0.4, -0.2) is 5.24 Å². The number of carbonyl (C=O) groups is 1. The van der Waals surface area contributed by atoms with Crippen LogP contribution in [0.1, 0.15) is 15.9 Å². The Kier molecular flexibility index (Phi) is 3.08. The molecule has 0 atom stereocenters. The van der Waals surface area contributed by atoms with E-state index < -0.39 is 5.24 Å². The second kappa shape index (κ2) is 4.33. The van der Waals surface area contributed by atoms with Gasteiger partial charge in [-0.1, -0.05) is 40.2 Å². The van der Waals surface area contributed by atoms with Gasteiger partial charge < -0.3 is 0 Å². The third-order valence-corrected chi connectivity index (χ3v) is 3.13. The Labute approximate surface area is 101 Å². The summed E-state index contributed by atoms with van der Waals surface area (Å²) in [4.78, 5) is 11.2. The van der Waals surface area contributed by atoms with Crippen LogP contribution in [0.25, 0.3) is 10.8 Å². The fraction of sp³-hybridized carbons (Fsp3) is 0.0833. The Morgan fingerprint density at radius 3 is 2.33 bits per heavy atom. The first-order chi connectivity index (χ1) is 7.22. The van der Waals surface area contributed by atoms with Crippen molar-refractivity contribution in [3.8, 4) is 0 Å². The van der Waals surface area contributed by atoms with Crippen molar-refractivity contribution in [2.75, 3.05) is 0 Å². The molecule has 0 aliphatic heterocycles. The van der Waals surface area contributed by atoms with Crippen molar-refractivity contribution in [3.05, 3.63) is 47.5 Å². The van der Waals surface area contributed by atoms with E-state index in [0.717, 1.165) is 16.3 Å². The van der Waals surface area contributed by atoms with Gasteiger partial charge in [-0.2, -0.15) is 0 Å². The summed E-state index contributed by atoms with van der Waals surface area (Å²) in [6, 6.07) is 11.7. The summed E-state index contributed by atoms with van der Waals surface area (Å²) < 4.78 is 0. The molecule has 0 heterocycles. The molecule has 0 saturated heterocycles. The van der Waals surface area contributed by atoms with Crippen LogP contribution in [0.15, 0.2) is 36.4 Å². The number of carbonyl (C=O) groups excluding carboxylic acids is 1. The normalized spacial score (nSPS) is 10.5. The maximum Gasteiger partial charge on any atom is 0.252 e. The minimum absolute atomic E-state index is 0.407. The van der Waals surface area contributed by atoms with Crippen LogP contribution in [0.5, 0.6) is 0 Å². The number of alkyl halides is 1. The minimum Gasteiger partial charge on any atom is -0.276 e. The molecule has 0 radical (unpaired) electrons. The van der Waals surface area contributed by atoms with Crippen LogP contribution < -0.4 is 0 Å². The van der Waals surface area contributed by atoms with Gasteiger partial charge in [-0.05, 0) is 40.1 Å². The molecule has 0 aromatic heterocycles. The molecule has 0 N–H and O–H groups in total. The summed E-state index contributed by atoms with van der Waals surface area (Å²) in [5.41, 5.74) is 1.50. The molecule has 0 bridgehead atoms. The molecule has 3 heteroatoms. The predicted octanol–water partition coefficient (Wildman–Crippen LogP) is 4.11. The first-order valence-electron chi connectivity index (χ1n) is 4.50. The van der Waals surface area contributed by atoms with E-state index in [4.69, 9.17) is 11.6 Å². The van der Waals surface area contributed by atoms with Gasteiger partial charge in [0.05, 0.1) is 0 Å². The van der Waals surface area contributed by atoms with E-state index in [9.17, 15) is 4.79 Å². The number of hydrogen-bond donors (Lipinski definition) is 0. The lowest BCUT2D eigenvalue weighted by atomic mass is 10.0. The lowest BCUT2D eigenvalue weighted by molar-refractivity contribution is 0.108. The first-order valence-corrected chi connectivity index (χ1v) is 6.00. The highest BCUT2D eigenvalue weighted by Gasteiger charge is 2.09. The maximum absolute atomic E-state index is 11.2. The zero-order chi connectivity index (χ0) is 10.8. The van der Waals surface area contributed by atoms with E-state index in [0.29, 0.717) is 10.9 Å². The van der Waals surface area contributed by atoms with E-state index in [1.54, 1.807) is 0 Å². The molecule has 0 unspecified atom stereocenters. The van der Waals surface area contributed by atoms with Gasteiger partial charge in [-0.3, -0.25) is 4.79 Å². The van der Waals surface area contributed by atoms with Crippen LogP contribution >= 0.6 is 27.5 Å². The van der Waals surface area contributed by atoms with Crippen molar-refractivity contribution in [3.63, 3.8) is 0 Å². The van der Waals surface area contributed by atoms with Crippen molar-refractivity contribution in [1.82, 2.24) is 0 Å². The molecule has 0 amide bonds. The molecule has 1 nitrogen and oxygen atoms in total. The molecule has 0 fully saturated rings. The highest BCUT2D eigenvalue weighted by Crippen LogP contribution is 2.23. The van der Waals surface area contributed by atoms with Crippen LogP contribution in [0, 0.1) is 0 Å². The molecule has 76 valence electrons. The lowest BCUT2D eigenvalue weighted by Crippen LogP contribution is -1.95.